The van der Waals surface area contributed by atoms with Crippen LogP contribution in [0, 0.1) is 11.6 Å². The number of aliphatic hydroxyl groups is 1. The maximum absolute atomic E-state index is 13.8. The topological polar surface area (TPSA) is 57.6 Å². The Morgan fingerprint density at radius 1 is 1.45 bits per heavy atom. The molecule has 112 valence electrons. The Kier molecular flexibility index (Phi) is 4.68. The number of thioether (sulfide) groups is 1. The molecular formula is C12H15F2NO3S2. The number of benzene rings is 1. The van der Waals surface area contributed by atoms with Crippen molar-refractivity contribution in [3.8, 4) is 0 Å². The van der Waals surface area contributed by atoms with E-state index in [0.717, 1.165) is 16.4 Å². The van der Waals surface area contributed by atoms with Crippen molar-refractivity contribution in [1.29, 1.82) is 0 Å². The summed E-state index contributed by atoms with van der Waals surface area (Å²) >= 11 is 1.63. The molecule has 1 aliphatic heterocycles. The van der Waals surface area contributed by atoms with Crippen molar-refractivity contribution >= 4 is 21.8 Å². The lowest BCUT2D eigenvalue weighted by molar-refractivity contribution is 0.280. The average Bonchev–Trinajstić information content (AvgIpc) is 2.41. The highest BCUT2D eigenvalue weighted by Gasteiger charge is 2.32. The molecule has 4 nitrogen and oxygen atoms in total. The number of halogens is 2. The van der Waals surface area contributed by atoms with Crippen molar-refractivity contribution in [3.63, 3.8) is 0 Å². The molecule has 8 heteroatoms. The molecule has 0 radical (unpaired) electrons. The predicted molar refractivity (Wildman–Crippen MR) is 73.0 cm³/mol. The van der Waals surface area contributed by atoms with Crippen molar-refractivity contribution in [2.24, 2.45) is 0 Å². The fraction of sp³-hybridized carbons (Fsp3) is 0.500. The Labute approximate surface area is 120 Å². The van der Waals surface area contributed by atoms with Gasteiger partial charge in [0.2, 0.25) is 10.0 Å². The second kappa shape index (κ2) is 5.97. The van der Waals surface area contributed by atoms with Gasteiger partial charge in [0.05, 0.1) is 6.61 Å². The van der Waals surface area contributed by atoms with Crippen molar-refractivity contribution in [2.45, 2.75) is 23.7 Å². The number of hydrogen-bond acceptors (Lipinski definition) is 4. The third-order valence-electron chi connectivity index (χ3n) is 3.06. The zero-order valence-electron chi connectivity index (χ0n) is 10.8. The van der Waals surface area contributed by atoms with E-state index >= 15 is 0 Å². The molecule has 1 atom stereocenters. The van der Waals surface area contributed by atoms with E-state index < -0.39 is 33.2 Å². The van der Waals surface area contributed by atoms with Gasteiger partial charge in [-0.25, -0.2) is 17.2 Å². The normalized spacial score (nSPS) is 21.1. The number of rotatable bonds is 3. The molecule has 0 aromatic heterocycles. The van der Waals surface area contributed by atoms with Gasteiger partial charge >= 0.3 is 0 Å². The van der Waals surface area contributed by atoms with Gasteiger partial charge in [0.1, 0.15) is 4.90 Å². The van der Waals surface area contributed by atoms with Gasteiger partial charge in [0.25, 0.3) is 0 Å². The summed E-state index contributed by atoms with van der Waals surface area (Å²) in [6.45, 7) is 1.86. The summed E-state index contributed by atoms with van der Waals surface area (Å²) in [6, 6.07) is 1.78. The zero-order chi connectivity index (χ0) is 14.9. The van der Waals surface area contributed by atoms with Crippen molar-refractivity contribution < 1.29 is 22.3 Å². The lowest BCUT2D eigenvalue weighted by atomic mass is 10.2. The van der Waals surface area contributed by atoms with Crippen LogP contribution < -0.4 is 0 Å². The summed E-state index contributed by atoms with van der Waals surface area (Å²) < 4.78 is 53.2. The minimum atomic E-state index is -4.09. The minimum Gasteiger partial charge on any atom is -0.392 e. The van der Waals surface area contributed by atoms with Crippen LogP contribution in [0.4, 0.5) is 8.78 Å². The largest absolute Gasteiger partial charge is 0.392 e. The molecule has 1 unspecified atom stereocenters. The Hall–Kier alpha value is -0.700. The van der Waals surface area contributed by atoms with E-state index in [4.69, 9.17) is 5.11 Å². The molecule has 20 heavy (non-hydrogen) atoms. The second-order valence-electron chi connectivity index (χ2n) is 4.59. The highest BCUT2D eigenvalue weighted by atomic mass is 32.2. The van der Waals surface area contributed by atoms with Crippen molar-refractivity contribution in [1.82, 2.24) is 4.31 Å². The van der Waals surface area contributed by atoms with E-state index in [-0.39, 0.29) is 23.9 Å². The number of hydrogen-bond donors (Lipinski definition) is 1. The molecule has 1 fully saturated rings. The standard InChI is InChI=1S/C12H15F2NO3S2/c1-8-6-15(2-3-19-8)20(17,18)11-5-9(7-16)4-10(13)12(11)14/h4-5,8,16H,2-3,6-7H2,1H3. The molecule has 1 aromatic rings. The first-order valence-electron chi connectivity index (χ1n) is 6.06. The zero-order valence-corrected chi connectivity index (χ0v) is 12.5. The van der Waals surface area contributed by atoms with Crippen LogP contribution in [0.25, 0.3) is 0 Å². The maximum Gasteiger partial charge on any atom is 0.246 e. The molecule has 0 spiro atoms. The Morgan fingerprint density at radius 2 is 2.15 bits per heavy atom. The van der Waals surface area contributed by atoms with Crippen LogP contribution in [0.2, 0.25) is 0 Å². The summed E-state index contributed by atoms with van der Waals surface area (Å²) in [6.07, 6.45) is 0. The van der Waals surface area contributed by atoms with Crippen molar-refractivity contribution in [3.05, 3.63) is 29.3 Å². The lowest BCUT2D eigenvalue weighted by Crippen LogP contribution is -2.41. The second-order valence-corrected chi connectivity index (χ2v) is 8.05. The Balaban J connectivity index is 2.46. The molecule has 0 aliphatic carbocycles. The van der Waals surface area contributed by atoms with Gasteiger partial charge in [-0.3, -0.25) is 0 Å². The molecule has 1 aliphatic rings. The molecule has 0 saturated carbocycles. The first-order chi connectivity index (χ1) is 9.36. The summed E-state index contributed by atoms with van der Waals surface area (Å²) in [5.74, 6) is -2.05. The van der Waals surface area contributed by atoms with Crippen LogP contribution in [0.1, 0.15) is 12.5 Å². The molecule has 1 N–H and O–H groups in total. The average molecular weight is 323 g/mol. The lowest BCUT2D eigenvalue weighted by Gasteiger charge is -2.29. The van der Waals surface area contributed by atoms with E-state index in [9.17, 15) is 17.2 Å². The predicted octanol–water partition coefficient (Wildman–Crippen LogP) is 1.58. The third kappa shape index (κ3) is 2.98. The number of aliphatic hydroxyl groups excluding tert-OH is 1. The van der Waals surface area contributed by atoms with Gasteiger partial charge in [-0.05, 0) is 17.7 Å². The van der Waals surface area contributed by atoms with Gasteiger partial charge in [0, 0.05) is 24.1 Å². The highest BCUT2D eigenvalue weighted by Crippen LogP contribution is 2.27. The highest BCUT2D eigenvalue weighted by molar-refractivity contribution is 8.00. The first-order valence-corrected chi connectivity index (χ1v) is 8.55. The number of sulfonamides is 1. The van der Waals surface area contributed by atoms with Crippen LogP contribution >= 0.6 is 11.8 Å². The monoisotopic (exact) mass is 323 g/mol. The quantitative estimate of drug-likeness (QED) is 0.918. The SMILES string of the molecule is CC1CN(S(=O)(=O)c2cc(CO)cc(F)c2F)CCS1. The summed E-state index contributed by atoms with van der Waals surface area (Å²) in [7, 11) is -4.09. The molecule has 1 heterocycles. The summed E-state index contributed by atoms with van der Waals surface area (Å²) in [4.78, 5) is -0.708. The van der Waals surface area contributed by atoms with E-state index in [1.54, 1.807) is 11.8 Å². The van der Waals surface area contributed by atoms with Crippen LogP contribution in [-0.4, -0.2) is 41.9 Å². The molecular weight excluding hydrogens is 308 g/mol. The summed E-state index contributed by atoms with van der Waals surface area (Å²) in [5, 5.41) is 9.10. The molecule has 2 rings (SSSR count). The van der Waals surface area contributed by atoms with E-state index in [1.807, 2.05) is 6.92 Å². The molecule has 0 bridgehead atoms. The van der Waals surface area contributed by atoms with Gasteiger partial charge < -0.3 is 5.11 Å². The first kappa shape index (κ1) is 15.7. The molecule has 1 saturated heterocycles. The maximum atomic E-state index is 13.8. The van der Waals surface area contributed by atoms with Crippen LogP contribution in [0.3, 0.4) is 0 Å². The van der Waals surface area contributed by atoms with E-state index in [1.165, 1.54) is 0 Å². The molecule has 1 aromatic carbocycles. The smallest absolute Gasteiger partial charge is 0.246 e. The van der Waals surface area contributed by atoms with E-state index in [2.05, 4.69) is 0 Å². The molecule has 0 amide bonds. The fourth-order valence-electron chi connectivity index (χ4n) is 2.04. The van der Waals surface area contributed by atoms with Gasteiger partial charge in [-0.1, -0.05) is 6.92 Å². The summed E-state index contributed by atoms with van der Waals surface area (Å²) in [5.41, 5.74) is 0.0295. The van der Waals surface area contributed by atoms with Crippen LogP contribution in [0.5, 0.6) is 0 Å². The van der Waals surface area contributed by atoms with Gasteiger partial charge in [-0.2, -0.15) is 16.1 Å². The number of nitrogens with zero attached hydrogens (tertiary/aromatic N) is 1. The Bertz CT molecular complexity index is 607. The third-order valence-corrected chi connectivity index (χ3v) is 6.06. The van der Waals surface area contributed by atoms with Gasteiger partial charge in [-0.15, -0.1) is 0 Å². The fourth-order valence-corrected chi connectivity index (χ4v) is 4.92. The minimum absolute atomic E-state index is 0.0295. The van der Waals surface area contributed by atoms with Gasteiger partial charge in [0.15, 0.2) is 11.6 Å². The van der Waals surface area contributed by atoms with Crippen molar-refractivity contribution in [2.75, 3.05) is 18.8 Å². The van der Waals surface area contributed by atoms with E-state index in [0.29, 0.717) is 5.75 Å². The van der Waals surface area contributed by atoms with Crippen LogP contribution in [-0.2, 0) is 16.6 Å². The van der Waals surface area contributed by atoms with Crippen LogP contribution in [0.15, 0.2) is 17.0 Å². The Morgan fingerprint density at radius 3 is 2.75 bits per heavy atom.